The van der Waals surface area contributed by atoms with E-state index in [1.807, 2.05) is 56.3 Å². The van der Waals surface area contributed by atoms with Crippen molar-refractivity contribution in [1.82, 2.24) is 4.90 Å². The molecule has 1 aliphatic rings. The topological polar surface area (TPSA) is 58.6 Å². The number of ether oxygens (including phenoxy) is 1. The standard InChI is InChI=1S/C22H26N2O3S/c1-15-8-10-18(12-16(15)2)23-22(26)19-13-28-14-24(19)21(25)11-9-17-6-4-5-7-20(17)27-3/h4-8,10,12,19H,9,11,13-14H2,1-3H3,(H,23,26). The van der Waals surface area contributed by atoms with E-state index in [4.69, 9.17) is 4.74 Å². The minimum Gasteiger partial charge on any atom is -0.496 e. The van der Waals surface area contributed by atoms with Gasteiger partial charge in [-0.25, -0.2) is 0 Å². The largest absolute Gasteiger partial charge is 0.496 e. The molecule has 0 radical (unpaired) electrons. The fraction of sp³-hybridized carbons (Fsp3) is 0.364. The summed E-state index contributed by atoms with van der Waals surface area (Å²) in [5.41, 5.74) is 4.08. The molecule has 1 heterocycles. The van der Waals surface area contributed by atoms with Crippen molar-refractivity contribution in [1.29, 1.82) is 0 Å². The van der Waals surface area contributed by atoms with Crippen LogP contribution in [-0.2, 0) is 16.0 Å². The Bertz CT molecular complexity index is 869. The lowest BCUT2D eigenvalue weighted by molar-refractivity contribution is -0.136. The third-order valence-electron chi connectivity index (χ3n) is 5.08. The van der Waals surface area contributed by atoms with Gasteiger partial charge in [-0.2, -0.15) is 0 Å². The Morgan fingerprint density at radius 3 is 2.71 bits per heavy atom. The SMILES string of the molecule is COc1ccccc1CCC(=O)N1CSCC1C(=O)Nc1ccc(C)c(C)c1. The molecule has 148 valence electrons. The van der Waals surface area contributed by atoms with Gasteiger partial charge in [-0.15, -0.1) is 11.8 Å². The summed E-state index contributed by atoms with van der Waals surface area (Å²) < 4.78 is 5.35. The van der Waals surface area contributed by atoms with Gasteiger partial charge >= 0.3 is 0 Å². The van der Waals surface area contributed by atoms with E-state index in [0.717, 1.165) is 22.6 Å². The maximum absolute atomic E-state index is 12.8. The summed E-state index contributed by atoms with van der Waals surface area (Å²) >= 11 is 1.61. The molecular formula is C22H26N2O3S. The first-order valence-electron chi connectivity index (χ1n) is 9.37. The van der Waals surface area contributed by atoms with Crippen LogP contribution in [0.15, 0.2) is 42.5 Å². The van der Waals surface area contributed by atoms with E-state index in [2.05, 4.69) is 5.32 Å². The lowest BCUT2D eigenvalue weighted by Crippen LogP contribution is -2.44. The average Bonchev–Trinajstić information content (AvgIpc) is 3.19. The zero-order valence-corrected chi connectivity index (χ0v) is 17.3. The van der Waals surface area contributed by atoms with Crippen LogP contribution in [0.5, 0.6) is 5.75 Å². The van der Waals surface area contributed by atoms with E-state index >= 15 is 0 Å². The minimum absolute atomic E-state index is 0.00357. The highest BCUT2D eigenvalue weighted by atomic mass is 32.2. The number of carbonyl (C=O) groups excluding carboxylic acids is 2. The summed E-state index contributed by atoms with van der Waals surface area (Å²) in [6.07, 6.45) is 0.948. The second-order valence-electron chi connectivity index (χ2n) is 6.98. The number of methoxy groups -OCH3 is 1. The molecule has 0 aliphatic carbocycles. The highest BCUT2D eigenvalue weighted by molar-refractivity contribution is 7.99. The van der Waals surface area contributed by atoms with Gasteiger partial charge in [-0.05, 0) is 55.2 Å². The molecule has 1 fully saturated rings. The number of anilines is 1. The first kappa shape index (κ1) is 20.3. The van der Waals surface area contributed by atoms with Crippen molar-refractivity contribution in [2.45, 2.75) is 32.7 Å². The van der Waals surface area contributed by atoms with E-state index in [9.17, 15) is 9.59 Å². The molecule has 1 N–H and O–H groups in total. The minimum atomic E-state index is -0.434. The van der Waals surface area contributed by atoms with Gasteiger partial charge in [-0.3, -0.25) is 9.59 Å². The van der Waals surface area contributed by atoms with Gasteiger partial charge in [-0.1, -0.05) is 24.3 Å². The van der Waals surface area contributed by atoms with Gasteiger partial charge in [0, 0.05) is 17.9 Å². The molecule has 1 atom stereocenters. The predicted molar refractivity (Wildman–Crippen MR) is 114 cm³/mol. The molecule has 1 aliphatic heterocycles. The third kappa shape index (κ3) is 4.68. The van der Waals surface area contributed by atoms with Crippen LogP contribution in [0.25, 0.3) is 0 Å². The molecule has 0 bridgehead atoms. The Labute approximate surface area is 170 Å². The van der Waals surface area contributed by atoms with Crippen molar-refractivity contribution in [2.24, 2.45) is 0 Å². The van der Waals surface area contributed by atoms with Crippen LogP contribution in [0.1, 0.15) is 23.1 Å². The number of rotatable bonds is 6. The lowest BCUT2D eigenvalue weighted by Gasteiger charge is -2.23. The Kier molecular flexibility index (Phi) is 6.62. The molecule has 28 heavy (non-hydrogen) atoms. The molecule has 1 saturated heterocycles. The quantitative estimate of drug-likeness (QED) is 0.804. The number of para-hydroxylation sites is 1. The van der Waals surface area contributed by atoms with Crippen molar-refractivity contribution in [3.63, 3.8) is 0 Å². The fourth-order valence-electron chi connectivity index (χ4n) is 3.25. The summed E-state index contributed by atoms with van der Waals surface area (Å²) in [7, 11) is 1.63. The number of hydrogen-bond acceptors (Lipinski definition) is 4. The smallest absolute Gasteiger partial charge is 0.248 e. The van der Waals surface area contributed by atoms with Gasteiger partial charge in [0.1, 0.15) is 11.8 Å². The lowest BCUT2D eigenvalue weighted by atomic mass is 10.1. The van der Waals surface area contributed by atoms with E-state index in [0.29, 0.717) is 24.5 Å². The first-order chi connectivity index (χ1) is 13.5. The van der Waals surface area contributed by atoms with Crippen molar-refractivity contribution in [3.8, 4) is 5.75 Å². The number of benzene rings is 2. The van der Waals surface area contributed by atoms with Crippen LogP contribution in [0.2, 0.25) is 0 Å². The van der Waals surface area contributed by atoms with Gasteiger partial charge in [0.25, 0.3) is 0 Å². The predicted octanol–water partition coefficient (Wildman–Crippen LogP) is 3.78. The summed E-state index contributed by atoms with van der Waals surface area (Å²) in [6, 6.07) is 13.1. The Hall–Kier alpha value is -2.47. The highest BCUT2D eigenvalue weighted by Crippen LogP contribution is 2.25. The van der Waals surface area contributed by atoms with Crippen LogP contribution in [0.4, 0.5) is 5.69 Å². The molecule has 0 saturated carbocycles. The third-order valence-corrected chi connectivity index (χ3v) is 6.09. The normalized spacial score (nSPS) is 16.1. The zero-order chi connectivity index (χ0) is 20.1. The number of nitrogens with zero attached hydrogens (tertiary/aromatic N) is 1. The molecular weight excluding hydrogens is 372 g/mol. The van der Waals surface area contributed by atoms with Crippen molar-refractivity contribution < 1.29 is 14.3 Å². The second-order valence-corrected chi connectivity index (χ2v) is 7.98. The molecule has 2 amide bonds. The summed E-state index contributed by atoms with van der Waals surface area (Å²) in [5.74, 6) is 1.83. The number of hydrogen-bond donors (Lipinski definition) is 1. The number of nitrogens with one attached hydrogen (secondary N) is 1. The van der Waals surface area contributed by atoms with Gasteiger partial charge < -0.3 is 15.0 Å². The van der Waals surface area contributed by atoms with E-state index in [-0.39, 0.29) is 11.8 Å². The molecule has 2 aromatic rings. The average molecular weight is 399 g/mol. The van der Waals surface area contributed by atoms with Gasteiger partial charge in [0.2, 0.25) is 11.8 Å². The van der Waals surface area contributed by atoms with Crippen molar-refractivity contribution in [3.05, 3.63) is 59.2 Å². The van der Waals surface area contributed by atoms with E-state index < -0.39 is 6.04 Å². The molecule has 6 heteroatoms. The van der Waals surface area contributed by atoms with Crippen LogP contribution >= 0.6 is 11.8 Å². The van der Waals surface area contributed by atoms with Crippen LogP contribution in [-0.4, -0.2) is 41.5 Å². The second kappa shape index (κ2) is 9.15. The Morgan fingerprint density at radius 1 is 1.18 bits per heavy atom. The summed E-state index contributed by atoms with van der Waals surface area (Å²) in [6.45, 7) is 4.06. The van der Waals surface area contributed by atoms with Crippen LogP contribution in [0, 0.1) is 13.8 Å². The molecule has 1 unspecified atom stereocenters. The summed E-state index contributed by atoms with van der Waals surface area (Å²) in [4.78, 5) is 27.2. The maximum Gasteiger partial charge on any atom is 0.248 e. The molecule has 2 aromatic carbocycles. The molecule has 3 rings (SSSR count). The van der Waals surface area contributed by atoms with Gasteiger partial charge in [0.15, 0.2) is 0 Å². The first-order valence-corrected chi connectivity index (χ1v) is 10.5. The maximum atomic E-state index is 12.8. The summed E-state index contributed by atoms with van der Waals surface area (Å²) in [5, 5.41) is 2.96. The monoisotopic (exact) mass is 398 g/mol. The highest BCUT2D eigenvalue weighted by Gasteiger charge is 2.34. The number of thioether (sulfide) groups is 1. The number of aryl methyl sites for hydroxylation is 3. The molecule has 0 aromatic heterocycles. The fourth-order valence-corrected chi connectivity index (χ4v) is 4.43. The van der Waals surface area contributed by atoms with E-state index in [1.54, 1.807) is 23.8 Å². The van der Waals surface area contributed by atoms with Crippen LogP contribution in [0.3, 0.4) is 0 Å². The van der Waals surface area contributed by atoms with Crippen molar-refractivity contribution in [2.75, 3.05) is 24.1 Å². The molecule has 5 nitrogen and oxygen atoms in total. The number of carbonyl (C=O) groups is 2. The zero-order valence-electron chi connectivity index (χ0n) is 16.5. The number of amides is 2. The van der Waals surface area contributed by atoms with E-state index in [1.165, 1.54) is 5.56 Å². The Balaban J connectivity index is 1.62. The van der Waals surface area contributed by atoms with Gasteiger partial charge in [0.05, 0.1) is 13.0 Å². The van der Waals surface area contributed by atoms with Crippen LogP contribution < -0.4 is 10.1 Å². The Morgan fingerprint density at radius 2 is 1.96 bits per heavy atom. The van der Waals surface area contributed by atoms with Crippen molar-refractivity contribution >= 4 is 29.3 Å². The molecule has 0 spiro atoms.